The maximum atomic E-state index is 13.0. The second-order valence-corrected chi connectivity index (χ2v) is 9.81. The number of nitrogens with zero attached hydrogens (tertiary/aromatic N) is 3. The van der Waals surface area contributed by atoms with Crippen molar-refractivity contribution in [2.24, 2.45) is 5.92 Å². The second kappa shape index (κ2) is 11.1. The molecule has 1 fully saturated rings. The molecule has 2 unspecified atom stereocenters. The highest BCUT2D eigenvalue weighted by molar-refractivity contribution is 5.90. The number of likely N-dealkylation sites (tertiary alicyclic amines) is 1. The zero-order valence-corrected chi connectivity index (χ0v) is 21.5. The Morgan fingerprint density at radius 1 is 1.03 bits per heavy atom. The van der Waals surface area contributed by atoms with Gasteiger partial charge in [0.1, 0.15) is 11.4 Å². The van der Waals surface area contributed by atoms with Crippen molar-refractivity contribution in [2.75, 3.05) is 26.2 Å². The van der Waals surface area contributed by atoms with Crippen LogP contribution in [-0.4, -0.2) is 62.7 Å². The first-order valence-electron chi connectivity index (χ1n) is 12.8. The predicted molar refractivity (Wildman–Crippen MR) is 146 cm³/mol. The fourth-order valence-electron chi connectivity index (χ4n) is 5.56. The van der Waals surface area contributed by atoms with Gasteiger partial charge in [-0.3, -0.25) is 9.20 Å². The highest BCUT2D eigenvalue weighted by atomic mass is 16.5. The van der Waals surface area contributed by atoms with Gasteiger partial charge in [0, 0.05) is 66.6 Å². The molecule has 2 aromatic carbocycles. The van der Waals surface area contributed by atoms with E-state index in [0.29, 0.717) is 29.6 Å². The summed E-state index contributed by atoms with van der Waals surface area (Å²) >= 11 is 0. The first-order chi connectivity index (χ1) is 18.8. The molecular formula is C30H29N3O6. The molecule has 200 valence electrons. The van der Waals surface area contributed by atoms with Crippen molar-refractivity contribution in [3.8, 4) is 5.75 Å². The van der Waals surface area contributed by atoms with E-state index in [-0.39, 0.29) is 5.56 Å². The number of benzene rings is 2. The van der Waals surface area contributed by atoms with E-state index in [9.17, 15) is 14.4 Å². The fourth-order valence-corrected chi connectivity index (χ4v) is 5.56. The van der Waals surface area contributed by atoms with Crippen molar-refractivity contribution in [1.82, 2.24) is 14.3 Å². The Hall–Kier alpha value is -4.50. The molecular weight excluding hydrogens is 498 g/mol. The molecule has 9 nitrogen and oxygen atoms in total. The predicted octanol–water partition coefficient (Wildman–Crippen LogP) is 3.52. The average molecular weight is 528 g/mol. The van der Waals surface area contributed by atoms with E-state index in [2.05, 4.69) is 46.3 Å². The van der Waals surface area contributed by atoms with Crippen LogP contribution in [0, 0.1) is 12.8 Å². The van der Waals surface area contributed by atoms with Crippen molar-refractivity contribution < 1.29 is 24.5 Å². The number of aryl methyl sites for hydroxylation is 1. The van der Waals surface area contributed by atoms with E-state index < -0.39 is 11.9 Å². The Morgan fingerprint density at radius 3 is 2.54 bits per heavy atom. The topological polar surface area (TPSA) is 121 Å². The minimum atomic E-state index is -1.26. The number of carboxylic acids is 2. The third-order valence-electron chi connectivity index (χ3n) is 7.35. The number of aliphatic carboxylic acids is 2. The lowest BCUT2D eigenvalue weighted by Gasteiger charge is -2.29. The molecule has 4 heterocycles. The van der Waals surface area contributed by atoms with Gasteiger partial charge in [-0.1, -0.05) is 36.4 Å². The summed E-state index contributed by atoms with van der Waals surface area (Å²) in [5.74, 6) is -0.503. The number of carbonyl (C=O) groups is 2. The molecule has 0 spiro atoms. The largest absolute Gasteiger partial charge is 0.493 e. The minimum Gasteiger partial charge on any atom is -0.493 e. The summed E-state index contributed by atoms with van der Waals surface area (Å²) in [6.07, 6.45) is 3.64. The van der Waals surface area contributed by atoms with Crippen LogP contribution in [0.3, 0.4) is 0 Å². The SMILES string of the molecule is Cc1nc2ccccn2c(=O)c1CCN1CC2COc3ccc4ccccc4c3C2C1.O=C(O)/C=C/C(=O)O. The Kier molecular flexibility index (Phi) is 7.42. The molecule has 2 atom stereocenters. The van der Waals surface area contributed by atoms with E-state index in [4.69, 9.17) is 14.9 Å². The van der Waals surface area contributed by atoms with E-state index in [1.54, 1.807) is 10.6 Å². The Balaban J connectivity index is 0.000000339. The number of hydrogen-bond acceptors (Lipinski definition) is 6. The quantitative estimate of drug-likeness (QED) is 0.378. The highest BCUT2D eigenvalue weighted by Crippen LogP contribution is 2.45. The number of hydrogen-bond donors (Lipinski definition) is 2. The van der Waals surface area contributed by atoms with Gasteiger partial charge in [-0.2, -0.15) is 0 Å². The van der Waals surface area contributed by atoms with Crippen LogP contribution in [0.1, 0.15) is 22.7 Å². The summed E-state index contributed by atoms with van der Waals surface area (Å²) in [5, 5.41) is 18.2. The minimum absolute atomic E-state index is 0.0550. The summed E-state index contributed by atoms with van der Waals surface area (Å²) in [6, 6.07) is 18.6. The standard InChI is InChI=1S/C26H25N3O2.C4H4O4/c1-17-20(26(30)29-12-5-4-8-24(29)27-17)11-13-28-14-19-16-31-23-10-9-18-6-2-3-7-21(18)25(23)22(19)15-28;5-3(6)1-2-4(7)8/h2-10,12,19,22H,11,13-16H2,1H3;1-2H,(H,5,6)(H,7,8)/b;2-1+. The molecule has 0 aliphatic carbocycles. The molecule has 2 aliphatic rings. The van der Waals surface area contributed by atoms with Crippen molar-refractivity contribution in [3.05, 3.63) is 100 Å². The van der Waals surface area contributed by atoms with Crippen molar-refractivity contribution in [3.63, 3.8) is 0 Å². The van der Waals surface area contributed by atoms with E-state index in [1.807, 2.05) is 25.1 Å². The van der Waals surface area contributed by atoms with Crippen LogP contribution in [0.15, 0.2) is 77.7 Å². The van der Waals surface area contributed by atoms with Gasteiger partial charge in [0.05, 0.1) is 6.61 Å². The van der Waals surface area contributed by atoms with Gasteiger partial charge in [0.25, 0.3) is 5.56 Å². The zero-order chi connectivity index (χ0) is 27.5. The van der Waals surface area contributed by atoms with Gasteiger partial charge in [0.15, 0.2) is 0 Å². The summed E-state index contributed by atoms with van der Waals surface area (Å²) in [5.41, 5.74) is 3.79. The van der Waals surface area contributed by atoms with Crippen LogP contribution in [0.2, 0.25) is 0 Å². The first-order valence-corrected chi connectivity index (χ1v) is 12.8. The number of aromatic nitrogens is 2. The second-order valence-electron chi connectivity index (χ2n) is 9.81. The van der Waals surface area contributed by atoms with Crippen LogP contribution in [0.5, 0.6) is 5.75 Å². The lowest BCUT2D eigenvalue weighted by atomic mass is 9.84. The number of fused-ring (bicyclic) bond motifs is 6. The van der Waals surface area contributed by atoms with Crippen LogP contribution in [0.4, 0.5) is 0 Å². The molecule has 39 heavy (non-hydrogen) atoms. The third-order valence-corrected chi connectivity index (χ3v) is 7.35. The lowest BCUT2D eigenvalue weighted by Crippen LogP contribution is -2.28. The maximum Gasteiger partial charge on any atom is 0.328 e. The van der Waals surface area contributed by atoms with E-state index in [1.165, 1.54) is 16.3 Å². The zero-order valence-electron chi connectivity index (χ0n) is 21.5. The van der Waals surface area contributed by atoms with Crippen molar-refractivity contribution in [1.29, 1.82) is 0 Å². The summed E-state index contributed by atoms with van der Waals surface area (Å²) in [4.78, 5) is 39.2. The van der Waals surface area contributed by atoms with Crippen molar-refractivity contribution >= 4 is 28.4 Å². The van der Waals surface area contributed by atoms with Gasteiger partial charge in [-0.05, 0) is 42.3 Å². The number of carboxylic acid groups (broad SMARTS) is 2. The molecule has 2 N–H and O–H groups in total. The molecule has 1 saturated heterocycles. The van der Waals surface area contributed by atoms with Gasteiger partial charge in [0.2, 0.25) is 0 Å². The van der Waals surface area contributed by atoms with Gasteiger partial charge in [-0.15, -0.1) is 0 Å². The van der Waals surface area contributed by atoms with E-state index in [0.717, 1.165) is 49.7 Å². The normalized spacial score (nSPS) is 18.3. The van der Waals surface area contributed by atoms with Gasteiger partial charge >= 0.3 is 11.9 Å². The van der Waals surface area contributed by atoms with E-state index >= 15 is 0 Å². The van der Waals surface area contributed by atoms with Crippen LogP contribution in [-0.2, 0) is 16.0 Å². The van der Waals surface area contributed by atoms with Crippen molar-refractivity contribution in [2.45, 2.75) is 19.3 Å². The molecule has 0 saturated carbocycles. The molecule has 0 amide bonds. The summed E-state index contributed by atoms with van der Waals surface area (Å²) in [6.45, 7) is 5.60. The monoisotopic (exact) mass is 527 g/mol. The maximum absolute atomic E-state index is 13.0. The van der Waals surface area contributed by atoms with Crippen LogP contribution in [0.25, 0.3) is 16.4 Å². The first kappa shape index (κ1) is 26.1. The number of pyridine rings is 1. The average Bonchev–Trinajstić information content (AvgIpc) is 3.35. The molecule has 0 bridgehead atoms. The Morgan fingerprint density at radius 2 is 1.77 bits per heavy atom. The smallest absolute Gasteiger partial charge is 0.328 e. The van der Waals surface area contributed by atoms with Gasteiger partial charge < -0.3 is 19.8 Å². The number of ether oxygens (including phenoxy) is 1. The number of rotatable bonds is 5. The lowest BCUT2D eigenvalue weighted by molar-refractivity contribution is -0.134. The Bertz CT molecular complexity index is 1630. The summed E-state index contributed by atoms with van der Waals surface area (Å²) in [7, 11) is 0. The fraction of sp³-hybridized carbons (Fsp3) is 0.267. The van der Waals surface area contributed by atoms with Crippen LogP contribution < -0.4 is 10.3 Å². The molecule has 9 heteroatoms. The Labute approximate surface area is 224 Å². The molecule has 2 aliphatic heterocycles. The molecule has 2 aromatic heterocycles. The summed E-state index contributed by atoms with van der Waals surface area (Å²) < 4.78 is 7.81. The molecule has 4 aromatic rings. The highest BCUT2D eigenvalue weighted by Gasteiger charge is 2.39. The molecule has 0 radical (unpaired) electrons. The third kappa shape index (κ3) is 5.53. The van der Waals surface area contributed by atoms with Crippen LogP contribution >= 0.6 is 0 Å². The van der Waals surface area contributed by atoms with Gasteiger partial charge in [-0.25, -0.2) is 14.6 Å². The molecule has 6 rings (SSSR count).